The van der Waals surface area contributed by atoms with Crippen LogP contribution in [0.5, 0.6) is 0 Å². The number of fused-ring (bicyclic) bond motifs is 1. The number of rotatable bonds is 7. The summed E-state index contributed by atoms with van der Waals surface area (Å²) < 4.78 is 40.6. The smallest absolute Gasteiger partial charge is 0.416 e. The van der Waals surface area contributed by atoms with Crippen LogP contribution in [0.1, 0.15) is 22.3 Å². The van der Waals surface area contributed by atoms with Crippen LogP contribution >= 0.6 is 0 Å². The minimum Gasteiger partial charge on any atom is -0.481 e. The lowest BCUT2D eigenvalue weighted by Crippen LogP contribution is -2.11. The Morgan fingerprint density at radius 3 is 2.19 bits per heavy atom. The fourth-order valence-corrected chi connectivity index (χ4v) is 3.84. The number of aromatic nitrogens is 1. The Balaban J connectivity index is 1.72. The van der Waals surface area contributed by atoms with Crippen LogP contribution in [0.15, 0.2) is 78.9 Å². The van der Waals surface area contributed by atoms with E-state index in [4.69, 9.17) is 0 Å². The van der Waals surface area contributed by atoms with Gasteiger partial charge in [0.2, 0.25) is 0 Å². The van der Waals surface area contributed by atoms with Crippen molar-refractivity contribution in [2.75, 3.05) is 5.32 Å². The Morgan fingerprint density at radius 1 is 0.875 bits per heavy atom. The lowest BCUT2D eigenvalue weighted by atomic mass is 10.1. The maximum absolute atomic E-state index is 12.8. The average Bonchev–Trinajstić information content (AvgIpc) is 3.05. The number of hydrogen-bond donors (Lipinski definition) is 2. The molecule has 1 heterocycles. The molecule has 0 radical (unpaired) electrons. The molecule has 0 bridgehead atoms. The standard InChI is InChI=1S/C25H21F3N2O2/c26-25(27,28)19-12-10-17(11-13-19)15-29-24-21(14-23(31)32)20-8-4-5-9-22(20)30(24)16-18-6-2-1-3-7-18/h1-13,29H,14-16H2,(H,31,32). The molecule has 2 N–H and O–H groups in total. The molecule has 0 aliphatic rings. The monoisotopic (exact) mass is 438 g/mol. The van der Waals surface area contributed by atoms with Crippen LogP contribution in [0.25, 0.3) is 10.9 Å². The zero-order valence-corrected chi connectivity index (χ0v) is 17.1. The van der Waals surface area contributed by atoms with E-state index < -0.39 is 17.7 Å². The molecule has 7 heteroatoms. The largest absolute Gasteiger partial charge is 0.481 e. The molecule has 164 valence electrons. The highest BCUT2D eigenvalue weighted by molar-refractivity contribution is 5.93. The molecule has 3 aromatic carbocycles. The number of carboxylic acid groups (broad SMARTS) is 1. The van der Waals surface area contributed by atoms with Gasteiger partial charge < -0.3 is 15.0 Å². The quantitative estimate of drug-likeness (QED) is 0.375. The number of carboxylic acids is 1. The van der Waals surface area contributed by atoms with Gasteiger partial charge in [0.05, 0.1) is 17.5 Å². The van der Waals surface area contributed by atoms with Crippen molar-refractivity contribution >= 4 is 22.7 Å². The van der Waals surface area contributed by atoms with Crippen LogP contribution in [0, 0.1) is 0 Å². The van der Waals surface area contributed by atoms with Crippen molar-refractivity contribution in [3.8, 4) is 0 Å². The van der Waals surface area contributed by atoms with E-state index in [-0.39, 0.29) is 13.0 Å². The fourth-order valence-electron chi connectivity index (χ4n) is 3.84. The fraction of sp³-hybridized carbons (Fsp3) is 0.160. The van der Waals surface area contributed by atoms with E-state index in [0.29, 0.717) is 23.5 Å². The predicted molar refractivity (Wildman–Crippen MR) is 118 cm³/mol. The van der Waals surface area contributed by atoms with Gasteiger partial charge in [0, 0.05) is 24.0 Å². The third kappa shape index (κ3) is 4.61. The molecule has 0 fully saturated rings. The Kier molecular flexibility index (Phi) is 5.90. The zero-order valence-electron chi connectivity index (χ0n) is 17.1. The van der Waals surface area contributed by atoms with E-state index in [9.17, 15) is 23.1 Å². The van der Waals surface area contributed by atoms with Crippen molar-refractivity contribution in [2.24, 2.45) is 0 Å². The van der Waals surface area contributed by atoms with Gasteiger partial charge in [-0.25, -0.2) is 0 Å². The molecule has 32 heavy (non-hydrogen) atoms. The third-order valence-corrected chi connectivity index (χ3v) is 5.33. The highest BCUT2D eigenvalue weighted by Gasteiger charge is 2.30. The van der Waals surface area contributed by atoms with Crippen LogP contribution in [0.2, 0.25) is 0 Å². The predicted octanol–water partition coefficient (Wildman–Crippen LogP) is 5.95. The van der Waals surface area contributed by atoms with Gasteiger partial charge in [-0.2, -0.15) is 13.2 Å². The molecular weight excluding hydrogens is 417 g/mol. The number of halogens is 3. The van der Waals surface area contributed by atoms with Gasteiger partial charge in [0.15, 0.2) is 0 Å². The highest BCUT2D eigenvalue weighted by Crippen LogP contribution is 2.33. The highest BCUT2D eigenvalue weighted by atomic mass is 19.4. The third-order valence-electron chi connectivity index (χ3n) is 5.33. The summed E-state index contributed by atoms with van der Waals surface area (Å²) in [6.07, 6.45) is -4.56. The molecule has 0 amide bonds. The first kappa shape index (κ1) is 21.5. The molecule has 0 saturated carbocycles. The molecule has 4 rings (SSSR count). The van der Waals surface area contributed by atoms with Crippen LogP contribution in [-0.4, -0.2) is 15.6 Å². The van der Waals surface area contributed by atoms with Crippen molar-refractivity contribution in [3.05, 3.63) is 101 Å². The molecule has 0 aliphatic heterocycles. The Labute approximate surface area is 182 Å². The number of benzene rings is 3. The number of hydrogen-bond acceptors (Lipinski definition) is 2. The Hall–Kier alpha value is -3.74. The molecule has 1 aromatic heterocycles. The molecule has 0 unspecified atom stereocenters. The molecular formula is C25H21F3N2O2. The summed E-state index contributed by atoms with van der Waals surface area (Å²) in [5.41, 5.74) is 2.55. The summed E-state index contributed by atoms with van der Waals surface area (Å²) in [5, 5.41) is 13.6. The number of nitrogens with one attached hydrogen (secondary N) is 1. The average molecular weight is 438 g/mol. The van der Waals surface area contributed by atoms with Crippen LogP contribution in [0.3, 0.4) is 0 Å². The summed E-state index contributed by atoms with van der Waals surface area (Å²) in [6.45, 7) is 0.784. The van der Waals surface area contributed by atoms with Crippen molar-refractivity contribution in [3.63, 3.8) is 0 Å². The molecule has 0 spiro atoms. The van der Waals surface area contributed by atoms with Gasteiger partial charge in [-0.15, -0.1) is 0 Å². The number of nitrogens with zero attached hydrogens (tertiary/aromatic N) is 1. The van der Waals surface area contributed by atoms with Crippen molar-refractivity contribution in [2.45, 2.75) is 25.7 Å². The van der Waals surface area contributed by atoms with E-state index in [0.717, 1.165) is 28.6 Å². The normalized spacial score (nSPS) is 11.6. The molecule has 0 atom stereocenters. The summed E-state index contributed by atoms with van der Waals surface area (Å²) >= 11 is 0. The molecule has 4 nitrogen and oxygen atoms in total. The number of carbonyl (C=O) groups is 1. The van der Waals surface area contributed by atoms with Gasteiger partial charge in [-0.05, 0) is 29.3 Å². The first-order valence-electron chi connectivity index (χ1n) is 10.1. The number of alkyl halides is 3. The van der Waals surface area contributed by atoms with Gasteiger partial charge in [0.1, 0.15) is 5.82 Å². The number of anilines is 1. The lowest BCUT2D eigenvalue weighted by molar-refractivity contribution is -0.138. The van der Waals surface area contributed by atoms with Crippen LogP contribution < -0.4 is 5.32 Å². The van der Waals surface area contributed by atoms with E-state index in [1.54, 1.807) is 0 Å². The molecule has 4 aromatic rings. The summed E-state index contributed by atoms with van der Waals surface area (Å²) in [4.78, 5) is 11.6. The van der Waals surface area contributed by atoms with Gasteiger partial charge in [0.25, 0.3) is 0 Å². The summed E-state index contributed by atoms with van der Waals surface area (Å²) in [6, 6.07) is 22.3. The molecule has 0 saturated heterocycles. The first-order chi connectivity index (χ1) is 15.3. The second kappa shape index (κ2) is 8.78. The second-order valence-corrected chi connectivity index (χ2v) is 7.53. The molecule has 0 aliphatic carbocycles. The van der Waals surface area contributed by atoms with E-state index >= 15 is 0 Å². The number of para-hydroxylation sites is 1. The minimum atomic E-state index is -4.39. The summed E-state index contributed by atoms with van der Waals surface area (Å²) in [7, 11) is 0. The van der Waals surface area contributed by atoms with Crippen molar-refractivity contribution in [1.82, 2.24) is 4.57 Å². The maximum atomic E-state index is 12.8. The zero-order chi connectivity index (χ0) is 22.7. The topological polar surface area (TPSA) is 54.3 Å². The van der Waals surface area contributed by atoms with Crippen molar-refractivity contribution in [1.29, 1.82) is 0 Å². The number of aliphatic carboxylic acids is 1. The first-order valence-corrected chi connectivity index (χ1v) is 10.1. The Bertz CT molecular complexity index is 1230. The van der Waals surface area contributed by atoms with Gasteiger partial charge in [-0.3, -0.25) is 4.79 Å². The summed E-state index contributed by atoms with van der Waals surface area (Å²) in [5.74, 6) is -0.303. The van der Waals surface area contributed by atoms with Crippen molar-refractivity contribution < 1.29 is 23.1 Å². The van der Waals surface area contributed by atoms with Gasteiger partial charge >= 0.3 is 12.1 Å². The lowest BCUT2D eigenvalue weighted by Gasteiger charge is -2.15. The SMILES string of the molecule is O=C(O)Cc1c(NCc2ccc(C(F)(F)F)cc2)n(Cc2ccccc2)c2ccccc12. The van der Waals surface area contributed by atoms with E-state index in [1.165, 1.54) is 12.1 Å². The second-order valence-electron chi connectivity index (χ2n) is 7.53. The Morgan fingerprint density at radius 2 is 1.53 bits per heavy atom. The van der Waals surface area contributed by atoms with E-state index in [1.807, 2.05) is 59.2 Å². The van der Waals surface area contributed by atoms with Crippen LogP contribution in [0.4, 0.5) is 19.0 Å². The van der Waals surface area contributed by atoms with Crippen LogP contribution in [-0.2, 0) is 30.5 Å². The minimum absolute atomic E-state index is 0.169. The van der Waals surface area contributed by atoms with E-state index in [2.05, 4.69) is 5.32 Å². The van der Waals surface area contributed by atoms with Gasteiger partial charge in [-0.1, -0.05) is 60.7 Å². The maximum Gasteiger partial charge on any atom is 0.416 e.